The van der Waals surface area contributed by atoms with Gasteiger partial charge in [-0.05, 0) is 29.7 Å². The summed E-state index contributed by atoms with van der Waals surface area (Å²) in [5.41, 5.74) is 7.76. The molecule has 0 aliphatic heterocycles. The van der Waals surface area contributed by atoms with Gasteiger partial charge in [-0.25, -0.2) is 10.5 Å². The largest absolute Gasteiger partial charge is 0.481 e. The van der Waals surface area contributed by atoms with E-state index in [2.05, 4.69) is 35.4 Å². The van der Waals surface area contributed by atoms with E-state index in [0.717, 1.165) is 27.9 Å². The Kier molecular flexibility index (Phi) is 6.37. The van der Waals surface area contributed by atoms with E-state index < -0.39 is 5.91 Å². The minimum atomic E-state index is -0.503. The zero-order valence-electron chi connectivity index (χ0n) is 15.9. The molecule has 0 fully saturated rings. The van der Waals surface area contributed by atoms with E-state index in [9.17, 15) is 4.79 Å². The number of hydrogen-bond donors (Lipinski definition) is 3. The third-order valence-corrected chi connectivity index (χ3v) is 4.55. The summed E-state index contributed by atoms with van der Waals surface area (Å²) in [6.07, 6.45) is 0. The molecule has 0 atom stereocenters. The van der Waals surface area contributed by atoms with E-state index in [0.29, 0.717) is 12.4 Å². The molecule has 3 rings (SSSR count). The van der Waals surface area contributed by atoms with Crippen LogP contribution >= 0.6 is 0 Å². The van der Waals surface area contributed by atoms with Crippen molar-refractivity contribution in [1.29, 1.82) is 0 Å². The zero-order valence-corrected chi connectivity index (χ0v) is 15.9. The Bertz CT molecular complexity index is 958. The van der Waals surface area contributed by atoms with E-state index in [4.69, 9.17) is 9.94 Å². The van der Waals surface area contributed by atoms with Crippen LogP contribution in [-0.4, -0.2) is 29.8 Å². The molecule has 1 aromatic heterocycles. The number of nitrogens with zero attached hydrogens (tertiary/aromatic N) is 1. The lowest BCUT2D eigenvalue weighted by molar-refractivity contribution is -0.128. The number of benzene rings is 2. The molecule has 0 radical (unpaired) electrons. The fraction of sp³-hybridized carbons (Fsp3) is 0.182. The molecule has 0 unspecified atom stereocenters. The molecular formula is C22H23N3O3. The SMILES string of the molecule is COc1nc(-c2cccc(-c3ccccc3)c2C)ccc1CNCC(=O)NO. The van der Waals surface area contributed by atoms with E-state index >= 15 is 0 Å². The van der Waals surface area contributed by atoms with E-state index in [-0.39, 0.29) is 6.54 Å². The fourth-order valence-corrected chi connectivity index (χ4v) is 3.12. The van der Waals surface area contributed by atoms with Crippen LogP contribution in [0.25, 0.3) is 22.4 Å². The van der Waals surface area contributed by atoms with Gasteiger partial charge >= 0.3 is 0 Å². The van der Waals surface area contributed by atoms with Gasteiger partial charge in [-0.15, -0.1) is 0 Å². The van der Waals surface area contributed by atoms with Crippen LogP contribution in [0.1, 0.15) is 11.1 Å². The summed E-state index contributed by atoms with van der Waals surface area (Å²) < 4.78 is 5.45. The number of carbonyl (C=O) groups is 1. The van der Waals surface area contributed by atoms with E-state index in [1.54, 1.807) is 12.6 Å². The highest BCUT2D eigenvalue weighted by Crippen LogP contribution is 2.32. The maximum absolute atomic E-state index is 11.1. The first-order valence-electron chi connectivity index (χ1n) is 8.97. The fourth-order valence-electron chi connectivity index (χ4n) is 3.12. The Morgan fingerprint density at radius 1 is 1.04 bits per heavy atom. The number of methoxy groups -OCH3 is 1. The number of nitrogens with one attached hydrogen (secondary N) is 2. The van der Waals surface area contributed by atoms with Crippen LogP contribution in [0.5, 0.6) is 5.88 Å². The van der Waals surface area contributed by atoms with Gasteiger partial charge in [0, 0.05) is 17.7 Å². The van der Waals surface area contributed by atoms with Crippen molar-refractivity contribution < 1.29 is 14.7 Å². The number of carbonyl (C=O) groups excluding carboxylic acids is 1. The van der Waals surface area contributed by atoms with Gasteiger partial charge in [-0.2, -0.15) is 0 Å². The molecule has 1 amide bonds. The second kappa shape index (κ2) is 9.12. The van der Waals surface area contributed by atoms with Gasteiger partial charge in [0.2, 0.25) is 5.88 Å². The van der Waals surface area contributed by atoms with Crippen molar-refractivity contribution >= 4 is 5.91 Å². The van der Waals surface area contributed by atoms with Crippen molar-refractivity contribution in [2.75, 3.05) is 13.7 Å². The molecular weight excluding hydrogens is 354 g/mol. The first-order valence-corrected chi connectivity index (χ1v) is 8.97. The summed E-state index contributed by atoms with van der Waals surface area (Å²) in [5.74, 6) is -0.00387. The number of ether oxygens (including phenoxy) is 1. The third kappa shape index (κ3) is 4.36. The quantitative estimate of drug-likeness (QED) is 0.435. The molecule has 0 spiro atoms. The Morgan fingerprint density at radius 3 is 2.50 bits per heavy atom. The molecule has 0 saturated heterocycles. The molecule has 2 aromatic carbocycles. The van der Waals surface area contributed by atoms with Gasteiger partial charge in [0.1, 0.15) is 0 Å². The van der Waals surface area contributed by atoms with Crippen LogP contribution in [-0.2, 0) is 11.3 Å². The Labute approximate surface area is 164 Å². The predicted molar refractivity (Wildman–Crippen MR) is 108 cm³/mol. The summed E-state index contributed by atoms with van der Waals surface area (Å²) in [6.45, 7) is 2.49. The molecule has 144 valence electrons. The number of pyridine rings is 1. The average Bonchev–Trinajstić information content (AvgIpc) is 2.74. The van der Waals surface area contributed by atoms with Gasteiger partial charge in [0.15, 0.2) is 0 Å². The maximum Gasteiger partial charge on any atom is 0.257 e. The molecule has 0 aliphatic rings. The Hall–Kier alpha value is -3.22. The predicted octanol–water partition coefficient (Wildman–Crippen LogP) is 3.33. The highest BCUT2D eigenvalue weighted by Gasteiger charge is 2.12. The monoisotopic (exact) mass is 377 g/mol. The Morgan fingerprint density at radius 2 is 1.79 bits per heavy atom. The average molecular weight is 377 g/mol. The molecule has 1 heterocycles. The first-order chi connectivity index (χ1) is 13.6. The molecule has 3 aromatic rings. The van der Waals surface area contributed by atoms with Crippen molar-refractivity contribution in [3.63, 3.8) is 0 Å². The smallest absolute Gasteiger partial charge is 0.257 e. The maximum atomic E-state index is 11.1. The minimum absolute atomic E-state index is 0.000362. The van der Waals surface area contributed by atoms with E-state index in [1.807, 2.05) is 42.5 Å². The number of hydrogen-bond acceptors (Lipinski definition) is 5. The summed E-state index contributed by atoms with van der Waals surface area (Å²) in [5, 5.41) is 11.5. The van der Waals surface area contributed by atoms with Crippen molar-refractivity contribution in [2.45, 2.75) is 13.5 Å². The summed E-state index contributed by atoms with van der Waals surface area (Å²) in [7, 11) is 1.57. The number of rotatable bonds is 7. The third-order valence-electron chi connectivity index (χ3n) is 4.55. The van der Waals surface area contributed by atoms with Gasteiger partial charge in [0.25, 0.3) is 5.91 Å². The second-order valence-corrected chi connectivity index (χ2v) is 6.35. The number of aromatic nitrogens is 1. The van der Waals surface area contributed by atoms with Crippen LogP contribution in [0.2, 0.25) is 0 Å². The number of hydroxylamine groups is 1. The second-order valence-electron chi connectivity index (χ2n) is 6.35. The molecule has 3 N–H and O–H groups in total. The van der Waals surface area contributed by atoms with Gasteiger partial charge in [-0.3, -0.25) is 10.0 Å². The molecule has 0 saturated carbocycles. The topological polar surface area (TPSA) is 83.5 Å². The number of amides is 1. The zero-order chi connectivity index (χ0) is 19.9. The van der Waals surface area contributed by atoms with Crippen molar-refractivity contribution in [3.05, 3.63) is 71.8 Å². The molecule has 0 bridgehead atoms. The van der Waals surface area contributed by atoms with Crippen LogP contribution in [0.4, 0.5) is 0 Å². The Balaban J connectivity index is 1.89. The van der Waals surface area contributed by atoms with Crippen LogP contribution in [0.15, 0.2) is 60.7 Å². The summed E-state index contributed by atoms with van der Waals surface area (Å²) in [6, 6.07) is 20.3. The molecule has 0 aliphatic carbocycles. The van der Waals surface area contributed by atoms with E-state index in [1.165, 1.54) is 5.56 Å². The molecule has 6 nitrogen and oxygen atoms in total. The van der Waals surface area contributed by atoms with Crippen molar-refractivity contribution in [1.82, 2.24) is 15.8 Å². The van der Waals surface area contributed by atoms with Crippen molar-refractivity contribution in [3.8, 4) is 28.3 Å². The van der Waals surface area contributed by atoms with Gasteiger partial charge < -0.3 is 10.1 Å². The van der Waals surface area contributed by atoms with Crippen molar-refractivity contribution in [2.24, 2.45) is 0 Å². The van der Waals surface area contributed by atoms with Crippen LogP contribution in [0, 0.1) is 6.92 Å². The van der Waals surface area contributed by atoms with Gasteiger partial charge in [0.05, 0.1) is 19.3 Å². The highest BCUT2D eigenvalue weighted by molar-refractivity contribution is 5.77. The van der Waals surface area contributed by atoms with Crippen LogP contribution in [0.3, 0.4) is 0 Å². The summed E-state index contributed by atoms with van der Waals surface area (Å²) in [4.78, 5) is 15.8. The van der Waals surface area contributed by atoms with Crippen LogP contribution < -0.4 is 15.5 Å². The lowest BCUT2D eigenvalue weighted by atomic mass is 9.94. The minimum Gasteiger partial charge on any atom is -0.481 e. The first kappa shape index (κ1) is 19.5. The lowest BCUT2D eigenvalue weighted by Gasteiger charge is -2.14. The van der Waals surface area contributed by atoms with Gasteiger partial charge in [-0.1, -0.05) is 54.6 Å². The lowest BCUT2D eigenvalue weighted by Crippen LogP contribution is -2.31. The molecule has 28 heavy (non-hydrogen) atoms. The standard InChI is InChI=1S/C22H23N3O3/c1-15-18(16-7-4-3-5-8-16)9-6-10-19(15)20-12-11-17(22(24-20)28-2)13-23-14-21(26)25-27/h3-12,23,27H,13-14H2,1-2H3,(H,25,26). The molecule has 6 heteroatoms. The highest BCUT2D eigenvalue weighted by atomic mass is 16.5. The summed E-state index contributed by atoms with van der Waals surface area (Å²) >= 11 is 0. The normalized spacial score (nSPS) is 10.5.